The van der Waals surface area contributed by atoms with Crippen LogP contribution in [0.3, 0.4) is 0 Å². The maximum atomic E-state index is 11.7. The van der Waals surface area contributed by atoms with Crippen molar-refractivity contribution in [3.63, 3.8) is 0 Å². The SMILES string of the molecule is COCNCc1csc(NC(=O)n2ccnc2)n1. The molecular weight excluding hydrogens is 254 g/mol. The van der Waals surface area contributed by atoms with Crippen molar-refractivity contribution in [3.05, 3.63) is 29.8 Å². The second kappa shape index (κ2) is 6.24. The lowest BCUT2D eigenvalue weighted by atomic mass is 10.5. The van der Waals surface area contributed by atoms with Gasteiger partial charge in [-0.1, -0.05) is 0 Å². The van der Waals surface area contributed by atoms with Gasteiger partial charge in [0.25, 0.3) is 0 Å². The molecule has 18 heavy (non-hydrogen) atoms. The molecule has 0 unspecified atom stereocenters. The van der Waals surface area contributed by atoms with E-state index in [1.54, 1.807) is 19.5 Å². The molecule has 0 saturated carbocycles. The first-order valence-corrected chi connectivity index (χ1v) is 6.11. The molecule has 0 aromatic carbocycles. The van der Waals surface area contributed by atoms with Crippen LogP contribution in [-0.4, -0.2) is 34.4 Å². The smallest absolute Gasteiger partial charge is 0.333 e. The van der Waals surface area contributed by atoms with Crippen LogP contribution in [0.5, 0.6) is 0 Å². The molecule has 0 atom stereocenters. The number of rotatable bonds is 5. The minimum absolute atomic E-state index is 0.279. The van der Waals surface area contributed by atoms with E-state index in [1.807, 2.05) is 5.38 Å². The van der Waals surface area contributed by atoms with Crippen molar-refractivity contribution in [2.45, 2.75) is 6.54 Å². The maximum Gasteiger partial charge on any atom is 0.333 e. The van der Waals surface area contributed by atoms with Gasteiger partial charge in [0.1, 0.15) is 6.33 Å². The first kappa shape index (κ1) is 12.7. The molecular formula is C10H13N5O2S. The Bertz CT molecular complexity index is 496. The number of thiazole rings is 1. The topological polar surface area (TPSA) is 81.1 Å². The van der Waals surface area contributed by atoms with Gasteiger partial charge in [0, 0.05) is 31.4 Å². The summed E-state index contributed by atoms with van der Waals surface area (Å²) in [5.74, 6) is 0. The third-order valence-corrected chi connectivity index (χ3v) is 2.86. The van der Waals surface area contributed by atoms with Gasteiger partial charge in [0.05, 0.1) is 12.4 Å². The summed E-state index contributed by atoms with van der Waals surface area (Å²) < 4.78 is 6.22. The summed E-state index contributed by atoms with van der Waals surface area (Å²) in [5, 5.41) is 8.17. The molecule has 2 N–H and O–H groups in total. The molecule has 1 amide bonds. The number of amides is 1. The van der Waals surface area contributed by atoms with Crippen LogP contribution in [0.2, 0.25) is 0 Å². The summed E-state index contributed by atoms with van der Waals surface area (Å²) in [5.41, 5.74) is 0.859. The van der Waals surface area contributed by atoms with Gasteiger partial charge in [0.15, 0.2) is 5.13 Å². The molecule has 0 aliphatic rings. The predicted molar refractivity (Wildman–Crippen MR) is 67.5 cm³/mol. The van der Waals surface area contributed by atoms with Gasteiger partial charge in [-0.2, -0.15) is 0 Å². The highest BCUT2D eigenvalue weighted by molar-refractivity contribution is 7.13. The van der Waals surface area contributed by atoms with Crippen LogP contribution in [0.4, 0.5) is 9.93 Å². The molecule has 0 saturated heterocycles. The third kappa shape index (κ3) is 3.36. The molecule has 0 aliphatic carbocycles. The number of carbonyl (C=O) groups is 1. The molecule has 0 fully saturated rings. The van der Waals surface area contributed by atoms with E-state index in [9.17, 15) is 4.79 Å². The number of hydrogen-bond acceptors (Lipinski definition) is 6. The first-order valence-electron chi connectivity index (χ1n) is 5.23. The van der Waals surface area contributed by atoms with Crippen molar-refractivity contribution in [2.75, 3.05) is 19.2 Å². The van der Waals surface area contributed by atoms with Crippen LogP contribution in [0.15, 0.2) is 24.1 Å². The lowest BCUT2D eigenvalue weighted by Gasteiger charge is -2.01. The molecule has 0 bridgehead atoms. The van der Waals surface area contributed by atoms with Crippen LogP contribution in [-0.2, 0) is 11.3 Å². The molecule has 96 valence electrons. The van der Waals surface area contributed by atoms with Crippen LogP contribution in [0.1, 0.15) is 5.69 Å². The fourth-order valence-corrected chi connectivity index (χ4v) is 1.96. The lowest BCUT2D eigenvalue weighted by Crippen LogP contribution is -2.18. The molecule has 0 aliphatic heterocycles. The molecule has 2 heterocycles. The number of methoxy groups -OCH3 is 1. The minimum atomic E-state index is -0.279. The van der Waals surface area contributed by atoms with Crippen molar-refractivity contribution >= 4 is 22.5 Å². The lowest BCUT2D eigenvalue weighted by molar-refractivity contribution is 0.174. The van der Waals surface area contributed by atoms with Crippen molar-refractivity contribution in [3.8, 4) is 0 Å². The predicted octanol–water partition coefficient (Wildman–Crippen LogP) is 1.11. The van der Waals surface area contributed by atoms with E-state index in [2.05, 4.69) is 20.6 Å². The fraction of sp³-hybridized carbons (Fsp3) is 0.300. The Kier molecular flexibility index (Phi) is 4.40. The van der Waals surface area contributed by atoms with Crippen molar-refractivity contribution in [1.29, 1.82) is 0 Å². The van der Waals surface area contributed by atoms with Gasteiger partial charge in [0.2, 0.25) is 0 Å². The largest absolute Gasteiger partial charge is 0.370 e. The summed E-state index contributed by atoms with van der Waals surface area (Å²) in [6.45, 7) is 1.07. The van der Waals surface area contributed by atoms with Crippen molar-refractivity contribution in [2.24, 2.45) is 0 Å². The second-order valence-corrected chi connectivity index (χ2v) is 4.26. The fourth-order valence-electron chi connectivity index (χ4n) is 1.26. The van der Waals surface area contributed by atoms with E-state index < -0.39 is 0 Å². The van der Waals surface area contributed by atoms with E-state index in [1.165, 1.54) is 22.2 Å². The Hall–Kier alpha value is -1.77. The Morgan fingerprint density at radius 1 is 1.61 bits per heavy atom. The van der Waals surface area contributed by atoms with E-state index in [0.717, 1.165) is 5.69 Å². The van der Waals surface area contributed by atoms with Crippen LogP contribution in [0.25, 0.3) is 0 Å². The normalized spacial score (nSPS) is 10.5. The quantitative estimate of drug-likeness (QED) is 0.626. The first-order chi connectivity index (χ1) is 8.79. The number of anilines is 1. The standard InChI is InChI=1S/C10H13N5O2S/c1-17-7-12-4-8-5-18-9(13-8)14-10(16)15-3-2-11-6-15/h2-3,5-6,12H,4,7H2,1H3,(H,13,14,16). The molecule has 0 spiro atoms. The molecule has 2 aromatic heterocycles. The average Bonchev–Trinajstić information content (AvgIpc) is 3.00. The summed E-state index contributed by atoms with van der Waals surface area (Å²) >= 11 is 1.38. The number of nitrogens with zero attached hydrogens (tertiary/aromatic N) is 3. The molecule has 0 radical (unpaired) electrons. The van der Waals surface area contributed by atoms with E-state index in [-0.39, 0.29) is 6.03 Å². The van der Waals surface area contributed by atoms with Crippen LogP contribution in [0, 0.1) is 0 Å². The van der Waals surface area contributed by atoms with Gasteiger partial charge in [-0.25, -0.2) is 14.8 Å². The number of hydrogen-bond donors (Lipinski definition) is 2. The maximum absolute atomic E-state index is 11.7. The summed E-state index contributed by atoms with van der Waals surface area (Å²) in [7, 11) is 1.62. The van der Waals surface area contributed by atoms with Crippen LogP contribution >= 0.6 is 11.3 Å². The number of aromatic nitrogens is 3. The zero-order valence-corrected chi connectivity index (χ0v) is 10.6. The average molecular weight is 267 g/mol. The number of nitrogens with one attached hydrogen (secondary N) is 2. The molecule has 2 rings (SSSR count). The monoisotopic (exact) mass is 267 g/mol. The Morgan fingerprint density at radius 3 is 3.22 bits per heavy atom. The minimum Gasteiger partial charge on any atom is -0.370 e. The van der Waals surface area contributed by atoms with Gasteiger partial charge in [-0.05, 0) is 0 Å². The zero-order valence-electron chi connectivity index (χ0n) is 9.79. The third-order valence-electron chi connectivity index (χ3n) is 2.06. The molecule has 7 nitrogen and oxygen atoms in total. The summed E-state index contributed by atoms with van der Waals surface area (Å²) in [6, 6.07) is -0.279. The van der Waals surface area contributed by atoms with Crippen molar-refractivity contribution < 1.29 is 9.53 Å². The summed E-state index contributed by atoms with van der Waals surface area (Å²) in [4.78, 5) is 19.8. The highest BCUT2D eigenvalue weighted by Gasteiger charge is 2.07. The van der Waals surface area contributed by atoms with E-state index in [4.69, 9.17) is 4.74 Å². The van der Waals surface area contributed by atoms with E-state index in [0.29, 0.717) is 18.4 Å². The second-order valence-electron chi connectivity index (χ2n) is 3.40. The van der Waals surface area contributed by atoms with Crippen LogP contribution < -0.4 is 10.6 Å². The van der Waals surface area contributed by atoms with Crippen molar-refractivity contribution in [1.82, 2.24) is 19.9 Å². The zero-order chi connectivity index (χ0) is 12.8. The van der Waals surface area contributed by atoms with Gasteiger partial charge in [-0.3, -0.25) is 15.2 Å². The number of imidazole rings is 1. The van der Waals surface area contributed by atoms with Gasteiger partial charge >= 0.3 is 6.03 Å². The highest BCUT2D eigenvalue weighted by Crippen LogP contribution is 2.15. The van der Waals surface area contributed by atoms with Gasteiger partial charge in [-0.15, -0.1) is 11.3 Å². The Balaban J connectivity index is 1.88. The number of ether oxygens (including phenoxy) is 1. The Morgan fingerprint density at radius 2 is 2.50 bits per heavy atom. The highest BCUT2D eigenvalue weighted by atomic mass is 32.1. The molecule has 2 aromatic rings. The van der Waals surface area contributed by atoms with E-state index >= 15 is 0 Å². The summed E-state index contributed by atoms with van der Waals surface area (Å²) in [6.07, 6.45) is 4.55. The van der Waals surface area contributed by atoms with Gasteiger partial charge < -0.3 is 4.74 Å². The molecule has 8 heteroatoms. The number of carbonyl (C=O) groups excluding carboxylic acids is 1. The Labute approximate surface area is 108 Å².